The van der Waals surface area contributed by atoms with Crippen LogP contribution in [0.25, 0.3) is 0 Å². The molecule has 0 aliphatic heterocycles. The summed E-state index contributed by atoms with van der Waals surface area (Å²) in [5.74, 6) is 12.0. The van der Waals surface area contributed by atoms with Crippen molar-refractivity contribution in [3.63, 3.8) is 0 Å². The van der Waals surface area contributed by atoms with Gasteiger partial charge in [0.25, 0.3) is 0 Å². The fourth-order valence-electron chi connectivity index (χ4n) is 2.36. The summed E-state index contributed by atoms with van der Waals surface area (Å²) in [5.41, 5.74) is 1.62. The molecule has 0 unspecified atom stereocenters. The number of benzene rings is 1. The molecule has 0 bridgehead atoms. The molecule has 0 spiro atoms. The van der Waals surface area contributed by atoms with Gasteiger partial charge in [0.15, 0.2) is 0 Å². The SMILES string of the molecule is CCCCCCC#CC(=O)c1ccc(C#CCCCCCC)cc1. The van der Waals surface area contributed by atoms with E-state index in [-0.39, 0.29) is 5.78 Å². The summed E-state index contributed by atoms with van der Waals surface area (Å²) in [6.45, 7) is 4.40. The predicted molar refractivity (Wildman–Crippen MR) is 103 cm³/mol. The summed E-state index contributed by atoms with van der Waals surface area (Å²) >= 11 is 0. The highest BCUT2D eigenvalue weighted by Crippen LogP contribution is 2.06. The van der Waals surface area contributed by atoms with E-state index in [9.17, 15) is 4.79 Å². The van der Waals surface area contributed by atoms with E-state index in [0.717, 1.165) is 24.8 Å². The Bertz CT molecular complexity index is 587. The summed E-state index contributed by atoms with van der Waals surface area (Å²) in [6.07, 6.45) is 11.5. The lowest BCUT2D eigenvalue weighted by Gasteiger charge is -1.95. The first kappa shape index (κ1) is 20.1. The van der Waals surface area contributed by atoms with Crippen LogP contribution in [0.15, 0.2) is 24.3 Å². The predicted octanol–water partition coefficient (Wildman–Crippen LogP) is 6.17. The molecule has 1 aromatic carbocycles. The van der Waals surface area contributed by atoms with Gasteiger partial charge in [0.1, 0.15) is 0 Å². The van der Waals surface area contributed by atoms with Gasteiger partial charge in [-0.3, -0.25) is 4.79 Å². The lowest BCUT2D eigenvalue weighted by atomic mass is 10.1. The van der Waals surface area contributed by atoms with E-state index in [1.54, 1.807) is 0 Å². The zero-order valence-corrected chi connectivity index (χ0v) is 15.3. The van der Waals surface area contributed by atoms with Gasteiger partial charge in [-0.05, 0) is 43.0 Å². The highest BCUT2D eigenvalue weighted by molar-refractivity contribution is 6.09. The molecule has 0 radical (unpaired) electrons. The van der Waals surface area contributed by atoms with Gasteiger partial charge >= 0.3 is 0 Å². The first-order chi connectivity index (χ1) is 11.8. The first-order valence-corrected chi connectivity index (χ1v) is 9.40. The van der Waals surface area contributed by atoms with E-state index in [2.05, 4.69) is 37.5 Å². The summed E-state index contributed by atoms with van der Waals surface area (Å²) in [4.78, 5) is 12.0. The molecule has 0 fully saturated rings. The molecule has 0 aliphatic rings. The Morgan fingerprint density at radius 2 is 1.38 bits per heavy atom. The zero-order chi connectivity index (χ0) is 17.5. The number of carbonyl (C=O) groups excluding carboxylic acids is 1. The molecule has 128 valence electrons. The molecule has 0 saturated heterocycles. The van der Waals surface area contributed by atoms with Crippen LogP contribution >= 0.6 is 0 Å². The highest BCUT2D eigenvalue weighted by Gasteiger charge is 2.00. The molecule has 0 atom stereocenters. The number of ketones is 1. The summed E-state index contributed by atoms with van der Waals surface area (Å²) in [6, 6.07) is 7.48. The molecule has 1 heteroatoms. The van der Waals surface area contributed by atoms with Crippen LogP contribution in [0, 0.1) is 23.7 Å². The molecule has 1 rings (SSSR count). The van der Waals surface area contributed by atoms with Crippen LogP contribution in [0.1, 0.15) is 94.0 Å². The molecule has 0 aromatic heterocycles. The Labute approximate surface area is 148 Å². The van der Waals surface area contributed by atoms with Crippen LogP contribution < -0.4 is 0 Å². The molecule has 1 aromatic rings. The second-order valence-corrected chi connectivity index (χ2v) is 6.13. The Morgan fingerprint density at radius 1 is 0.792 bits per heavy atom. The molecule has 0 saturated carbocycles. The summed E-state index contributed by atoms with van der Waals surface area (Å²) in [7, 11) is 0. The number of carbonyl (C=O) groups is 1. The Balaban J connectivity index is 2.39. The Morgan fingerprint density at radius 3 is 1.96 bits per heavy atom. The van der Waals surface area contributed by atoms with Gasteiger partial charge in [0, 0.05) is 24.0 Å². The van der Waals surface area contributed by atoms with E-state index < -0.39 is 0 Å². The standard InChI is InChI=1S/C23H30O/c1-3-5-7-9-11-13-15-21-17-19-22(20-18-21)23(24)16-14-12-10-8-6-4-2/h17-20H,3-12H2,1-2H3. The summed E-state index contributed by atoms with van der Waals surface area (Å²) < 4.78 is 0. The first-order valence-electron chi connectivity index (χ1n) is 9.40. The Hall–Kier alpha value is -1.99. The largest absolute Gasteiger partial charge is 0.279 e. The topological polar surface area (TPSA) is 17.1 Å². The van der Waals surface area contributed by atoms with Crippen LogP contribution in [-0.2, 0) is 0 Å². The maximum absolute atomic E-state index is 12.0. The van der Waals surface area contributed by atoms with E-state index in [0.29, 0.717) is 5.56 Å². The minimum atomic E-state index is -0.0930. The molecule has 24 heavy (non-hydrogen) atoms. The number of hydrogen-bond donors (Lipinski definition) is 0. The second kappa shape index (κ2) is 13.4. The molecular formula is C23H30O. The Kier molecular flexibility index (Phi) is 11.2. The van der Waals surface area contributed by atoms with Gasteiger partial charge in [0.05, 0.1) is 0 Å². The van der Waals surface area contributed by atoms with E-state index in [4.69, 9.17) is 0 Å². The fraction of sp³-hybridized carbons (Fsp3) is 0.522. The van der Waals surface area contributed by atoms with Gasteiger partial charge < -0.3 is 0 Å². The number of rotatable bonds is 9. The van der Waals surface area contributed by atoms with Crippen molar-refractivity contribution in [3.05, 3.63) is 35.4 Å². The molecule has 0 aliphatic carbocycles. The minimum Gasteiger partial charge on any atom is -0.279 e. The van der Waals surface area contributed by atoms with Gasteiger partial charge in [-0.25, -0.2) is 0 Å². The zero-order valence-electron chi connectivity index (χ0n) is 15.3. The van der Waals surface area contributed by atoms with Crippen molar-refractivity contribution in [2.24, 2.45) is 0 Å². The maximum atomic E-state index is 12.0. The van der Waals surface area contributed by atoms with Crippen LogP contribution in [0.5, 0.6) is 0 Å². The van der Waals surface area contributed by atoms with Crippen LogP contribution in [0.2, 0.25) is 0 Å². The molecule has 0 N–H and O–H groups in total. The van der Waals surface area contributed by atoms with E-state index >= 15 is 0 Å². The lowest BCUT2D eigenvalue weighted by molar-refractivity contribution is 0.105. The van der Waals surface area contributed by atoms with Crippen LogP contribution in [-0.4, -0.2) is 5.78 Å². The van der Waals surface area contributed by atoms with Crippen molar-refractivity contribution in [2.45, 2.75) is 78.1 Å². The number of hydrogen-bond acceptors (Lipinski definition) is 1. The number of Topliss-reactive ketones (excluding diaryl/α,β-unsaturated/α-hetero) is 1. The highest BCUT2D eigenvalue weighted by atomic mass is 16.1. The average Bonchev–Trinajstić information content (AvgIpc) is 2.61. The third kappa shape index (κ3) is 9.22. The van der Waals surface area contributed by atoms with Crippen molar-refractivity contribution in [2.75, 3.05) is 0 Å². The molecule has 0 amide bonds. The van der Waals surface area contributed by atoms with Crippen molar-refractivity contribution in [1.82, 2.24) is 0 Å². The third-order valence-corrected chi connectivity index (χ3v) is 3.89. The van der Waals surface area contributed by atoms with Gasteiger partial charge in [-0.15, -0.1) is 0 Å². The van der Waals surface area contributed by atoms with E-state index in [1.807, 2.05) is 24.3 Å². The van der Waals surface area contributed by atoms with Crippen LogP contribution in [0.3, 0.4) is 0 Å². The normalized spacial score (nSPS) is 9.58. The summed E-state index contributed by atoms with van der Waals surface area (Å²) in [5, 5.41) is 0. The van der Waals surface area contributed by atoms with Crippen molar-refractivity contribution in [3.8, 4) is 23.7 Å². The van der Waals surface area contributed by atoms with Gasteiger partial charge in [-0.2, -0.15) is 0 Å². The maximum Gasteiger partial charge on any atom is 0.235 e. The van der Waals surface area contributed by atoms with Gasteiger partial charge in [0.2, 0.25) is 5.78 Å². The minimum absolute atomic E-state index is 0.0930. The monoisotopic (exact) mass is 322 g/mol. The smallest absolute Gasteiger partial charge is 0.235 e. The fourth-order valence-corrected chi connectivity index (χ4v) is 2.36. The quantitative estimate of drug-likeness (QED) is 0.230. The van der Waals surface area contributed by atoms with Gasteiger partial charge in [-0.1, -0.05) is 70.1 Å². The van der Waals surface area contributed by atoms with Crippen molar-refractivity contribution >= 4 is 5.78 Å². The molecule has 1 nitrogen and oxygen atoms in total. The lowest BCUT2D eigenvalue weighted by Crippen LogP contribution is -1.94. The molecule has 0 heterocycles. The van der Waals surface area contributed by atoms with E-state index in [1.165, 1.54) is 44.9 Å². The van der Waals surface area contributed by atoms with Crippen LogP contribution in [0.4, 0.5) is 0 Å². The molecular weight excluding hydrogens is 292 g/mol. The third-order valence-electron chi connectivity index (χ3n) is 3.89. The van der Waals surface area contributed by atoms with Crippen molar-refractivity contribution in [1.29, 1.82) is 0 Å². The number of unbranched alkanes of at least 4 members (excludes halogenated alkanes) is 8. The van der Waals surface area contributed by atoms with Crippen molar-refractivity contribution < 1.29 is 4.79 Å². The second-order valence-electron chi connectivity index (χ2n) is 6.13. The average molecular weight is 322 g/mol.